The number of aliphatic hydroxyl groups excluding tert-OH is 2. The molecule has 0 saturated heterocycles. The van der Waals surface area contributed by atoms with Crippen molar-refractivity contribution in [3.63, 3.8) is 0 Å². The molecule has 1 aromatic carbocycles. The number of carbonyl (C=O) groups is 1. The highest BCUT2D eigenvalue weighted by atomic mass is 19.2. The highest BCUT2D eigenvalue weighted by Gasteiger charge is 2.15. The van der Waals surface area contributed by atoms with Gasteiger partial charge in [0, 0.05) is 12.1 Å². The smallest absolute Gasteiger partial charge is 0.307 e. The first kappa shape index (κ1) is 14.3. The molecule has 1 atom stereocenters. The Labute approximate surface area is 102 Å². The van der Waals surface area contributed by atoms with E-state index in [1.165, 1.54) is 6.07 Å². The molecule has 0 aliphatic carbocycles. The third-order valence-electron chi connectivity index (χ3n) is 2.24. The summed E-state index contributed by atoms with van der Waals surface area (Å²) >= 11 is 0. The summed E-state index contributed by atoms with van der Waals surface area (Å²) in [5.41, 5.74) is -0.456. The molecule has 7 heteroatoms. The maximum atomic E-state index is 13.5. The molecule has 0 spiro atoms. The predicted octanol–water partition coefficient (Wildman–Crippen LogP) is 0.357. The Balaban J connectivity index is 2.83. The third kappa shape index (κ3) is 3.64. The van der Waals surface area contributed by atoms with Crippen molar-refractivity contribution >= 4 is 11.7 Å². The zero-order valence-electron chi connectivity index (χ0n) is 9.36. The van der Waals surface area contributed by atoms with Crippen molar-refractivity contribution in [3.8, 4) is 0 Å². The summed E-state index contributed by atoms with van der Waals surface area (Å²) in [7, 11) is 0. The molecule has 0 saturated carbocycles. The SMILES string of the molecule is O=C(O)Cc1ccc(NCC(O)CO)c(F)c1F. The van der Waals surface area contributed by atoms with Crippen LogP contribution < -0.4 is 5.32 Å². The van der Waals surface area contributed by atoms with Crippen molar-refractivity contribution in [1.29, 1.82) is 0 Å². The third-order valence-corrected chi connectivity index (χ3v) is 2.24. The van der Waals surface area contributed by atoms with Gasteiger partial charge >= 0.3 is 5.97 Å². The van der Waals surface area contributed by atoms with Crippen LogP contribution in [0.4, 0.5) is 14.5 Å². The van der Waals surface area contributed by atoms with E-state index in [1.54, 1.807) is 0 Å². The number of carboxylic acid groups (broad SMARTS) is 1. The zero-order chi connectivity index (χ0) is 13.7. The summed E-state index contributed by atoms with van der Waals surface area (Å²) in [4.78, 5) is 10.4. The van der Waals surface area contributed by atoms with Crippen molar-refractivity contribution in [2.75, 3.05) is 18.5 Å². The Kier molecular flexibility index (Phi) is 4.99. The molecule has 18 heavy (non-hydrogen) atoms. The van der Waals surface area contributed by atoms with Crippen LogP contribution in [0.3, 0.4) is 0 Å². The minimum atomic E-state index is -1.26. The van der Waals surface area contributed by atoms with E-state index in [1.807, 2.05) is 0 Å². The quantitative estimate of drug-likeness (QED) is 0.593. The van der Waals surface area contributed by atoms with Crippen LogP contribution in [0, 0.1) is 11.6 Å². The monoisotopic (exact) mass is 261 g/mol. The van der Waals surface area contributed by atoms with Gasteiger partial charge in [-0.3, -0.25) is 4.79 Å². The van der Waals surface area contributed by atoms with Gasteiger partial charge in [-0.15, -0.1) is 0 Å². The molecule has 0 fully saturated rings. The van der Waals surface area contributed by atoms with Crippen LogP contribution in [-0.2, 0) is 11.2 Å². The molecule has 5 nitrogen and oxygen atoms in total. The van der Waals surface area contributed by atoms with Crippen LogP contribution >= 0.6 is 0 Å². The van der Waals surface area contributed by atoms with Crippen molar-refractivity contribution in [2.45, 2.75) is 12.5 Å². The van der Waals surface area contributed by atoms with Gasteiger partial charge in [-0.05, 0) is 6.07 Å². The summed E-state index contributed by atoms with van der Waals surface area (Å²) in [5.74, 6) is -3.70. The molecule has 0 heterocycles. The Morgan fingerprint density at radius 3 is 2.56 bits per heavy atom. The normalized spacial score (nSPS) is 12.2. The molecule has 0 aliphatic heterocycles. The number of carboxylic acids is 1. The molecule has 4 N–H and O–H groups in total. The first-order valence-corrected chi connectivity index (χ1v) is 5.17. The van der Waals surface area contributed by atoms with Gasteiger partial charge in [0.15, 0.2) is 11.6 Å². The van der Waals surface area contributed by atoms with Gasteiger partial charge in [-0.2, -0.15) is 0 Å². The number of nitrogens with one attached hydrogen (secondary N) is 1. The Bertz CT molecular complexity index is 439. The van der Waals surface area contributed by atoms with Gasteiger partial charge in [0.1, 0.15) is 0 Å². The Morgan fingerprint density at radius 1 is 1.33 bits per heavy atom. The first-order valence-electron chi connectivity index (χ1n) is 5.17. The van der Waals surface area contributed by atoms with E-state index in [9.17, 15) is 13.6 Å². The van der Waals surface area contributed by atoms with Crippen molar-refractivity contribution < 1.29 is 28.9 Å². The fourth-order valence-corrected chi connectivity index (χ4v) is 1.32. The molecule has 0 amide bonds. The fourth-order valence-electron chi connectivity index (χ4n) is 1.32. The molecular weight excluding hydrogens is 248 g/mol. The highest BCUT2D eigenvalue weighted by Crippen LogP contribution is 2.21. The summed E-state index contributed by atoms with van der Waals surface area (Å²) in [5, 5.41) is 28.5. The lowest BCUT2D eigenvalue weighted by Gasteiger charge is -2.12. The summed E-state index contributed by atoms with van der Waals surface area (Å²) < 4.78 is 26.9. The zero-order valence-corrected chi connectivity index (χ0v) is 9.36. The predicted molar refractivity (Wildman–Crippen MR) is 59.3 cm³/mol. The van der Waals surface area contributed by atoms with E-state index in [0.29, 0.717) is 0 Å². The van der Waals surface area contributed by atoms with E-state index < -0.39 is 36.7 Å². The highest BCUT2D eigenvalue weighted by molar-refractivity contribution is 5.70. The summed E-state index contributed by atoms with van der Waals surface area (Å²) in [6.07, 6.45) is -1.70. The van der Waals surface area contributed by atoms with Crippen LogP contribution in [0.15, 0.2) is 12.1 Å². The van der Waals surface area contributed by atoms with Gasteiger partial charge in [0.2, 0.25) is 0 Å². The lowest BCUT2D eigenvalue weighted by atomic mass is 10.1. The van der Waals surface area contributed by atoms with Crippen molar-refractivity contribution in [1.82, 2.24) is 0 Å². The van der Waals surface area contributed by atoms with Gasteiger partial charge in [0.25, 0.3) is 0 Å². The van der Waals surface area contributed by atoms with Gasteiger partial charge in [0.05, 0.1) is 24.8 Å². The van der Waals surface area contributed by atoms with E-state index in [0.717, 1.165) is 6.07 Å². The lowest BCUT2D eigenvalue weighted by molar-refractivity contribution is -0.136. The largest absolute Gasteiger partial charge is 0.481 e. The number of hydrogen-bond donors (Lipinski definition) is 4. The van der Waals surface area contributed by atoms with Crippen molar-refractivity contribution in [3.05, 3.63) is 29.3 Å². The molecule has 0 aromatic heterocycles. The maximum absolute atomic E-state index is 13.5. The van der Waals surface area contributed by atoms with Gasteiger partial charge < -0.3 is 20.6 Å². The number of aliphatic carboxylic acids is 1. The van der Waals surface area contributed by atoms with E-state index in [4.69, 9.17) is 15.3 Å². The second-order valence-corrected chi connectivity index (χ2v) is 3.69. The Hall–Kier alpha value is -1.73. The summed E-state index contributed by atoms with van der Waals surface area (Å²) in [6.45, 7) is -0.653. The summed E-state index contributed by atoms with van der Waals surface area (Å²) in [6, 6.07) is 2.33. The molecule has 1 unspecified atom stereocenters. The van der Waals surface area contributed by atoms with E-state index in [2.05, 4.69) is 5.32 Å². The standard InChI is InChI=1S/C11H13F2NO4/c12-10-6(3-9(17)18)1-2-8(11(10)13)14-4-7(16)5-15/h1-2,7,14-16H,3-5H2,(H,17,18). The van der Waals surface area contributed by atoms with Crippen LogP contribution in [0.25, 0.3) is 0 Å². The maximum Gasteiger partial charge on any atom is 0.307 e. The topological polar surface area (TPSA) is 89.8 Å². The molecular formula is C11H13F2NO4. The van der Waals surface area contributed by atoms with Gasteiger partial charge in [-0.25, -0.2) is 8.78 Å². The average molecular weight is 261 g/mol. The number of hydrogen-bond acceptors (Lipinski definition) is 4. The molecule has 0 radical (unpaired) electrons. The lowest BCUT2D eigenvalue weighted by Crippen LogP contribution is -2.23. The van der Waals surface area contributed by atoms with E-state index >= 15 is 0 Å². The fraction of sp³-hybridized carbons (Fsp3) is 0.364. The van der Waals surface area contributed by atoms with Crippen LogP contribution in [0.5, 0.6) is 0 Å². The van der Waals surface area contributed by atoms with Crippen LogP contribution in [-0.4, -0.2) is 40.5 Å². The molecule has 0 bridgehead atoms. The Morgan fingerprint density at radius 2 is 2.00 bits per heavy atom. The van der Waals surface area contributed by atoms with Gasteiger partial charge in [-0.1, -0.05) is 6.07 Å². The molecule has 1 aromatic rings. The van der Waals surface area contributed by atoms with Crippen molar-refractivity contribution in [2.24, 2.45) is 0 Å². The molecule has 0 aliphatic rings. The number of halogens is 2. The number of benzene rings is 1. The first-order chi connectivity index (χ1) is 8.45. The average Bonchev–Trinajstić information content (AvgIpc) is 2.33. The minimum absolute atomic E-state index is 0.148. The number of aliphatic hydroxyl groups is 2. The minimum Gasteiger partial charge on any atom is -0.481 e. The molecule has 100 valence electrons. The number of rotatable bonds is 6. The molecule has 1 rings (SSSR count). The second-order valence-electron chi connectivity index (χ2n) is 3.69. The van der Waals surface area contributed by atoms with Crippen LogP contribution in [0.1, 0.15) is 5.56 Å². The number of anilines is 1. The van der Waals surface area contributed by atoms with Crippen LogP contribution in [0.2, 0.25) is 0 Å². The second kappa shape index (κ2) is 6.27. The van der Waals surface area contributed by atoms with E-state index in [-0.39, 0.29) is 17.8 Å².